The monoisotopic (exact) mass is 650 g/mol. The molecule has 0 bridgehead atoms. The highest BCUT2D eigenvalue weighted by molar-refractivity contribution is 5.90. The van der Waals surface area contributed by atoms with Crippen LogP contribution in [0.25, 0.3) is 0 Å². The molecule has 3 fully saturated rings. The maximum atomic E-state index is 11.7. The molecule has 0 amide bonds. The molecule has 4 aliphatic heterocycles. The van der Waals surface area contributed by atoms with Crippen LogP contribution in [0.3, 0.4) is 0 Å². The zero-order valence-electron chi connectivity index (χ0n) is 29.1. The number of cyclic esters (lactones) is 1. The molecule has 0 spiro atoms. The lowest BCUT2D eigenvalue weighted by atomic mass is 9.99. The highest BCUT2D eigenvalue weighted by atomic mass is 16.7. The van der Waals surface area contributed by atoms with E-state index in [4.69, 9.17) is 23.7 Å². The van der Waals surface area contributed by atoms with E-state index in [-0.39, 0.29) is 48.7 Å². The van der Waals surface area contributed by atoms with Crippen LogP contribution in [-0.4, -0.2) is 77.9 Å². The van der Waals surface area contributed by atoms with Crippen molar-refractivity contribution in [2.24, 2.45) is 0 Å². The van der Waals surface area contributed by atoms with Crippen molar-refractivity contribution in [1.82, 2.24) is 0 Å². The minimum atomic E-state index is -0.539. The van der Waals surface area contributed by atoms with Crippen LogP contribution in [0, 0.1) is 0 Å². The normalized spacial score (nSPS) is 31.8. The first kappa shape index (κ1) is 37.8. The lowest BCUT2D eigenvalue weighted by molar-refractivity contribution is -0.175. The molecule has 2 unspecified atom stereocenters. The van der Waals surface area contributed by atoms with E-state index in [0.717, 1.165) is 95.5 Å². The van der Waals surface area contributed by atoms with Gasteiger partial charge in [0.15, 0.2) is 0 Å². The summed E-state index contributed by atoms with van der Waals surface area (Å²) in [6.45, 7) is 4.52. The van der Waals surface area contributed by atoms with Crippen LogP contribution in [0.15, 0.2) is 11.6 Å². The van der Waals surface area contributed by atoms with Gasteiger partial charge in [-0.3, -0.25) is 0 Å². The number of ether oxygens (including phenoxy) is 5. The van der Waals surface area contributed by atoms with Gasteiger partial charge in [-0.15, -0.1) is 0 Å². The summed E-state index contributed by atoms with van der Waals surface area (Å²) < 4.78 is 30.2. The first-order valence-corrected chi connectivity index (χ1v) is 19.2. The van der Waals surface area contributed by atoms with E-state index >= 15 is 0 Å². The Bertz CT molecular complexity index is 869. The fourth-order valence-corrected chi connectivity index (χ4v) is 7.83. The largest absolute Gasteiger partial charge is 0.455 e. The number of hydrogen-bond acceptors (Lipinski definition) is 8. The zero-order chi connectivity index (χ0) is 32.6. The second-order valence-corrected chi connectivity index (χ2v) is 14.6. The van der Waals surface area contributed by atoms with Crippen LogP contribution >= 0.6 is 0 Å². The molecular weight excluding hydrogens is 584 g/mol. The van der Waals surface area contributed by atoms with Gasteiger partial charge in [0.2, 0.25) is 0 Å². The molecule has 2 N–H and O–H groups in total. The van der Waals surface area contributed by atoms with Gasteiger partial charge in [-0.05, 0) is 96.5 Å². The van der Waals surface area contributed by atoms with Gasteiger partial charge in [0.05, 0.1) is 48.8 Å². The quantitative estimate of drug-likeness (QED) is 0.0957. The van der Waals surface area contributed by atoms with E-state index < -0.39 is 6.10 Å². The third kappa shape index (κ3) is 13.1. The molecule has 8 nitrogen and oxygen atoms in total. The van der Waals surface area contributed by atoms with Gasteiger partial charge >= 0.3 is 5.97 Å². The maximum Gasteiger partial charge on any atom is 0.334 e. The second-order valence-electron chi connectivity index (χ2n) is 14.6. The Morgan fingerprint density at radius 1 is 0.739 bits per heavy atom. The zero-order valence-corrected chi connectivity index (χ0v) is 29.1. The van der Waals surface area contributed by atoms with E-state index in [1.54, 1.807) is 0 Å². The van der Waals surface area contributed by atoms with Crippen LogP contribution < -0.4 is 0 Å². The molecule has 0 radical (unpaired) electrons. The van der Waals surface area contributed by atoms with E-state index in [9.17, 15) is 15.0 Å². The number of rotatable bonds is 21. The average Bonchev–Trinajstić information content (AvgIpc) is 3.78. The van der Waals surface area contributed by atoms with Gasteiger partial charge in [0.1, 0.15) is 12.9 Å². The van der Waals surface area contributed by atoms with Crippen molar-refractivity contribution in [2.75, 3.05) is 6.79 Å². The van der Waals surface area contributed by atoms with E-state index in [1.165, 1.54) is 44.9 Å². The molecular formula is C38H66O8. The third-order valence-electron chi connectivity index (χ3n) is 10.7. The van der Waals surface area contributed by atoms with Crippen LogP contribution in [0.4, 0.5) is 0 Å². The third-order valence-corrected chi connectivity index (χ3v) is 10.7. The van der Waals surface area contributed by atoms with Crippen molar-refractivity contribution in [2.45, 2.75) is 216 Å². The topological polar surface area (TPSA) is 104 Å². The lowest BCUT2D eigenvalue weighted by Gasteiger charge is -2.30. The lowest BCUT2D eigenvalue weighted by Crippen LogP contribution is -2.35. The number of hydrogen-bond donors (Lipinski definition) is 2. The second kappa shape index (κ2) is 21.1. The molecule has 4 rings (SSSR count). The number of aliphatic hydroxyl groups is 2. The molecule has 0 aromatic heterocycles. The summed E-state index contributed by atoms with van der Waals surface area (Å²) >= 11 is 0. The van der Waals surface area contributed by atoms with Gasteiger partial charge < -0.3 is 33.9 Å². The van der Waals surface area contributed by atoms with E-state index in [0.29, 0.717) is 25.7 Å². The summed E-state index contributed by atoms with van der Waals surface area (Å²) in [7, 11) is 0. The van der Waals surface area contributed by atoms with Crippen molar-refractivity contribution in [1.29, 1.82) is 0 Å². The predicted molar refractivity (Wildman–Crippen MR) is 179 cm³/mol. The molecule has 0 aromatic rings. The standard InChI is InChI=1S/C38H66O8/c1-3-4-5-13-17-31-18-14-19-34(43-27-42-31)35-24-25-37(46-35)36-23-22-33(45-36)32(40)21-20-30(39)16-12-10-8-6-7-9-11-15-29-26-28(2)44-38(29)41/h26,28,30-37,39-40H,3-25,27H2,1-2H3/t28?,30?,31-,32+,33+,34-,35+,36+,37-/m0/s1. The van der Waals surface area contributed by atoms with Crippen molar-refractivity contribution in [3.05, 3.63) is 11.6 Å². The Kier molecular flexibility index (Phi) is 17.4. The summed E-state index contributed by atoms with van der Waals surface area (Å²) in [6.07, 6.45) is 25.4. The highest BCUT2D eigenvalue weighted by Crippen LogP contribution is 2.36. The minimum Gasteiger partial charge on any atom is -0.455 e. The molecule has 0 saturated carbocycles. The van der Waals surface area contributed by atoms with Gasteiger partial charge in [0.25, 0.3) is 0 Å². The van der Waals surface area contributed by atoms with E-state index in [1.807, 2.05) is 13.0 Å². The smallest absolute Gasteiger partial charge is 0.334 e. The van der Waals surface area contributed by atoms with Crippen molar-refractivity contribution >= 4 is 5.97 Å². The molecule has 8 heteroatoms. The summed E-state index contributed by atoms with van der Waals surface area (Å²) in [5.41, 5.74) is 0.843. The Morgan fingerprint density at radius 3 is 2.20 bits per heavy atom. The Hall–Kier alpha value is -1.03. The Labute approximate surface area is 279 Å². The number of esters is 1. The van der Waals surface area contributed by atoms with Gasteiger partial charge in [-0.1, -0.05) is 71.1 Å². The first-order chi connectivity index (χ1) is 22.4. The maximum absolute atomic E-state index is 11.7. The highest BCUT2D eigenvalue weighted by Gasteiger charge is 2.41. The predicted octanol–water partition coefficient (Wildman–Crippen LogP) is 7.85. The van der Waals surface area contributed by atoms with Crippen LogP contribution in [0.1, 0.15) is 162 Å². The average molecular weight is 651 g/mol. The number of carbonyl (C=O) groups excluding carboxylic acids is 1. The van der Waals surface area contributed by atoms with Crippen LogP contribution in [0.5, 0.6) is 0 Å². The molecule has 46 heavy (non-hydrogen) atoms. The molecule has 4 heterocycles. The molecule has 3 saturated heterocycles. The van der Waals surface area contributed by atoms with Gasteiger partial charge in [-0.2, -0.15) is 0 Å². The summed E-state index contributed by atoms with van der Waals surface area (Å²) in [5, 5.41) is 21.4. The summed E-state index contributed by atoms with van der Waals surface area (Å²) in [4.78, 5) is 11.7. The minimum absolute atomic E-state index is 0.0342. The van der Waals surface area contributed by atoms with Crippen molar-refractivity contribution in [3.8, 4) is 0 Å². The molecule has 9 atom stereocenters. The van der Waals surface area contributed by atoms with Crippen molar-refractivity contribution < 1.29 is 38.7 Å². The first-order valence-electron chi connectivity index (χ1n) is 19.2. The fraction of sp³-hybridized carbons (Fsp3) is 0.921. The number of unbranched alkanes of at least 4 members (excludes halogenated alkanes) is 9. The number of carbonyl (C=O) groups is 1. The van der Waals surface area contributed by atoms with Gasteiger partial charge in [-0.25, -0.2) is 4.79 Å². The Balaban J connectivity index is 0.996. The molecule has 0 aliphatic carbocycles. The van der Waals surface area contributed by atoms with Crippen LogP contribution in [0.2, 0.25) is 0 Å². The Morgan fingerprint density at radius 2 is 1.43 bits per heavy atom. The van der Waals surface area contributed by atoms with Crippen molar-refractivity contribution in [3.63, 3.8) is 0 Å². The van der Waals surface area contributed by atoms with Crippen LogP contribution in [-0.2, 0) is 28.5 Å². The summed E-state index contributed by atoms with van der Waals surface area (Å²) in [6, 6.07) is 0. The molecule has 0 aromatic carbocycles. The SMILES string of the molecule is CCCCCC[C@H]1CCC[C@@H]([C@H]2CC[C@@H]([C@H]3CC[C@H]([C@H](O)CCC(O)CCCCCCCCCC4=CC(C)OC4=O)O3)O2)OCO1. The van der Waals surface area contributed by atoms with Gasteiger partial charge in [0, 0.05) is 5.57 Å². The number of aliphatic hydroxyl groups excluding tert-OH is 2. The van der Waals surface area contributed by atoms with E-state index in [2.05, 4.69) is 6.92 Å². The molecule has 4 aliphatic rings. The summed E-state index contributed by atoms with van der Waals surface area (Å²) in [5.74, 6) is -0.140. The molecule has 266 valence electrons. The fourth-order valence-electron chi connectivity index (χ4n) is 7.83.